The normalized spacial score (nSPS) is 23.6. The van der Waals surface area contributed by atoms with Gasteiger partial charge in [0.2, 0.25) is 0 Å². The summed E-state index contributed by atoms with van der Waals surface area (Å²) in [5, 5.41) is 8.12. The zero-order valence-electron chi connectivity index (χ0n) is 12.8. The van der Waals surface area contributed by atoms with E-state index in [1.807, 2.05) is 0 Å². The van der Waals surface area contributed by atoms with Gasteiger partial charge in [-0.1, -0.05) is 74.4 Å². The lowest BCUT2D eigenvalue weighted by molar-refractivity contribution is 0.240. The van der Waals surface area contributed by atoms with Crippen LogP contribution in [0.25, 0.3) is 20.9 Å². The molecule has 0 aliphatic heterocycles. The Hall–Kier alpha value is -1.38. The summed E-state index contributed by atoms with van der Waals surface area (Å²) in [6.45, 7) is 0. The predicted molar refractivity (Wildman–Crippen MR) is 83.6 cm³/mol. The molecule has 2 saturated carbocycles. The van der Waals surface area contributed by atoms with Crippen molar-refractivity contribution in [2.75, 3.05) is 0 Å². The van der Waals surface area contributed by atoms with E-state index < -0.39 is 0 Å². The SMILES string of the molecule is [N-]=[N+]=N[C@@H](C[C@H](N=[N+]=[N-])C1CCCCC1)C1CCCCC1. The molecule has 0 spiro atoms. The Morgan fingerprint density at radius 2 is 1.10 bits per heavy atom. The quantitative estimate of drug-likeness (QED) is 0.331. The second-order valence-corrected chi connectivity index (χ2v) is 6.58. The van der Waals surface area contributed by atoms with Crippen LogP contribution in [-0.2, 0) is 0 Å². The van der Waals surface area contributed by atoms with Crippen LogP contribution in [0.15, 0.2) is 10.2 Å². The van der Waals surface area contributed by atoms with E-state index in [1.165, 1.54) is 38.5 Å². The smallest absolute Gasteiger partial charge is 0.0406 e. The minimum Gasteiger partial charge on any atom is -0.0903 e. The first-order valence-corrected chi connectivity index (χ1v) is 8.43. The summed E-state index contributed by atoms with van der Waals surface area (Å²) in [7, 11) is 0. The highest BCUT2D eigenvalue weighted by molar-refractivity contribution is 4.88. The summed E-state index contributed by atoms with van der Waals surface area (Å²) >= 11 is 0. The molecule has 0 aromatic heterocycles. The Morgan fingerprint density at radius 3 is 1.43 bits per heavy atom. The summed E-state index contributed by atoms with van der Waals surface area (Å²) in [5.41, 5.74) is 17.8. The molecular weight excluding hydrogens is 264 g/mol. The van der Waals surface area contributed by atoms with Crippen LogP contribution in [0.5, 0.6) is 0 Å². The topological polar surface area (TPSA) is 97.5 Å². The Kier molecular flexibility index (Phi) is 6.71. The molecule has 2 atom stereocenters. The van der Waals surface area contributed by atoms with Gasteiger partial charge < -0.3 is 0 Å². The number of hydrogen-bond acceptors (Lipinski definition) is 2. The molecule has 2 aliphatic rings. The van der Waals surface area contributed by atoms with E-state index >= 15 is 0 Å². The minimum atomic E-state index is 0.00715. The lowest BCUT2D eigenvalue weighted by Gasteiger charge is -2.32. The van der Waals surface area contributed by atoms with Crippen molar-refractivity contribution in [3.8, 4) is 0 Å². The van der Waals surface area contributed by atoms with Gasteiger partial charge in [-0.2, -0.15) is 0 Å². The van der Waals surface area contributed by atoms with E-state index in [1.54, 1.807) is 0 Å². The molecule has 0 bridgehead atoms. The Balaban J connectivity index is 2.03. The molecule has 0 N–H and O–H groups in total. The fourth-order valence-corrected chi connectivity index (χ4v) is 4.09. The molecule has 2 fully saturated rings. The van der Waals surface area contributed by atoms with Gasteiger partial charge in [0.15, 0.2) is 0 Å². The zero-order valence-corrected chi connectivity index (χ0v) is 12.8. The maximum Gasteiger partial charge on any atom is 0.0406 e. The minimum absolute atomic E-state index is 0.00715. The largest absolute Gasteiger partial charge is 0.0903 e. The van der Waals surface area contributed by atoms with Crippen molar-refractivity contribution in [1.82, 2.24) is 0 Å². The molecule has 0 aromatic carbocycles. The second-order valence-electron chi connectivity index (χ2n) is 6.58. The predicted octanol–water partition coefficient (Wildman–Crippen LogP) is 5.89. The van der Waals surface area contributed by atoms with Crippen LogP contribution < -0.4 is 0 Å². The van der Waals surface area contributed by atoms with E-state index in [2.05, 4.69) is 20.1 Å². The van der Waals surface area contributed by atoms with Gasteiger partial charge in [0.05, 0.1) is 0 Å². The van der Waals surface area contributed by atoms with E-state index in [0.717, 1.165) is 32.1 Å². The van der Waals surface area contributed by atoms with Crippen LogP contribution in [-0.4, -0.2) is 12.1 Å². The molecule has 6 heteroatoms. The number of azide groups is 2. The third-order valence-electron chi connectivity index (χ3n) is 5.27. The highest BCUT2D eigenvalue weighted by Crippen LogP contribution is 2.35. The van der Waals surface area contributed by atoms with Crippen molar-refractivity contribution in [2.45, 2.75) is 82.7 Å². The van der Waals surface area contributed by atoms with Gasteiger partial charge in [0, 0.05) is 21.9 Å². The average molecular weight is 290 g/mol. The number of rotatable bonds is 6. The van der Waals surface area contributed by atoms with Gasteiger partial charge in [0.1, 0.15) is 0 Å². The molecule has 2 rings (SSSR count). The first kappa shape index (κ1) is 16.0. The van der Waals surface area contributed by atoms with Crippen molar-refractivity contribution >= 4 is 0 Å². The average Bonchev–Trinajstić information content (AvgIpc) is 2.55. The zero-order chi connectivity index (χ0) is 14.9. The fraction of sp³-hybridized carbons (Fsp3) is 1.00. The molecule has 21 heavy (non-hydrogen) atoms. The van der Waals surface area contributed by atoms with Crippen molar-refractivity contribution in [3.05, 3.63) is 20.9 Å². The fourth-order valence-electron chi connectivity index (χ4n) is 4.09. The first-order valence-electron chi connectivity index (χ1n) is 8.43. The summed E-state index contributed by atoms with van der Waals surface area (Å²) in [6.07, 6.45) is 12.9. The van der Waals surface area contributed by atoms with Crippen LogP contribution in [0.4, 0.5) is 0 Å². The van der Waals surface area contributed by atoms with E-state index in [9.17, 15) is 0 Å². The second kappa shape index (κ2) is 8.81. The lowest BCUT2D eigenvalue weighted by Crippen LogP contribution is -2.30. The van der Waals surface area contributed by atoms with Crippen LogP contribution in [0.3, 0.4) is 0 Å². The van der Waals surface area contributed by atoms with Gasteiger partial charge in [-0.05, 0) is 29.3 Å². The van der Waals surface area contributed by atoms with Gasteiger partial charge in [-0.15, -0.1) is 0 Å². The standard InChI is InChI=1S/C15H26N6/c16-20-18-14(12-7-3-1-4-8-12)11-15(19-21-17)13-9-5-2-6-10-13/h12-15H,1-11H2/t14-,15-/m0/s1. The van der Waals surface area contributed by atoms with Crippen molar-refractivity contribution in [3.63, 3.8) is 0 Å². The summed E-state index contributed by atoms with van der Waals surface area (Å²) in [5.74, 6) is 0.962. The van der Waals surface area contributed by atoms with E-state index in [-0.39, 0.29) is 12.1 Å². The molecule has 0 heterocycles. The van der Waals surface area contributed by atoms with E-state index in [0.29, 0.717) is 11.8 Å². The molecule has 0 amide bonds. The summed E-state index contributed by atoms with van der Waals surface area (Å²) in [4.78, 5) is 6.12. The third kappa shape index (κ3) is 4.83. The van der Waals surface area contributed by atoms with Gasteiger partial charge in [-0.25, -0.2) is 0 Å². The number of nitrogens with zero attached hydrogens (tertiary/aromatic N) is 6. The van der Waals surface area contributed by atoms with Gasteiger partial charge in [-0.3, -0.25) is 0 Å². The van der Waals surface area contributed by atoms with Crippen molar-refractivity contribution < 1.29 is 0 Å². The lowest BCUT2D eigenvalue weighted by atomic mass is 9.77. The summed E-state index contributed by atoms with van der Waals surface area (Å²) < 4.78 is 0. The maximum absolute atomic E-state index is 8.88. The monoisotopic (exact) mass is 290 g/mol. The molecule has 0 saturated heterocycles. The molecular formula is C15H26N6. The van der Waals surface area contributed by atoms with Crippen molar-refractivity contribution in [2.24, 2.45) is 22.1 Å². The molecule has 0 radical (unpaired) electrons. The number of hydrogen-bond donors (Lipinski definition) is 0. The molecule has 6 nitrogen and oxygen atoms in total. The Morgan fingerprint density at radius 1 is 0.714 bits per heavy atom. The van der Waals surface area contributed by atoms with Crippen LogP contribution in [0.1, 0.15) is 70.6 Å². The highest BCUT2D eigenvalue weighted by Gasteiger charge is 2.29. The Labute approximate surface area is 126 Å². The molecule has 2 aliphatic carbocycles. The van der Waals surface area contributed by atoms with E-state index in [4.69, 9.17) is 11.1 Å². The van der Waals surface area contributed by atoms with Crippen LogP contribution in [0.2, 0.25) is 0 Å². The highest BCUT2D eigenvalue weighted by atomic mass is 15.2. The maximum atomic E-state index is 8.88. The van der Waals surface area contributed by atoms with Crippen LogP contribution >= 0.6 is 0 Å². The van der Waals surface area contributed by atoms with Gasteiger partial charge >= 0.3 is 0 Å². The Bertz CT molecular complexity index is 360. The first-order chi connectivity index (χ1) is 10.3. The molecule has 0 unspecified atom stereocenters. The third-order valence-corrected chi connectivity index (χ3v) is 5.27. The molecule has 116 valence electrons. The van der Waals surface area contributed by atoms with Crippen molar-refractivity contribution in [1.29, 1.82) is 0 Å². The van der Waals surface area contributed by atoms with Crippen LogP contribution in [0, 0.1) is 11.8 Å². The molecule has 0 aromatic rings. The van der Waals surface area contributed by atoms with Gasteiger partial charge in [0.25, 0.3) is 0 Å². The summed E-state index contributed by atoms with van der Waals surface area (Å²) in [6, 6.07) is 0.0143.